The fourth-order valence-electron chi connectivity index (χ4n) is 4.19. The Hall–Kier alpha value is -3.65. The van der Waals surface area contributed by atoms with Gasteiger partial charge < -0.3 is 19.7 Å². The first-order valence-corrected chi connectivity index (χ1v) is 13.0. The Bertz CT molecular complexity index is 1220. The maximum Gasteiger partial charge on any atom is 0.308 e. The number of ether oxygens (including phenoxy) is 2. The average Bonchev–Trinajstić information content (AvgIpc) is 2.92. The third-order valence-electron chi connectivity index (χ3n) is 6.12. The number of carbonyl (C=O) groups excluding carboxylic acids is 3. The molecule has 37 heavy (non-hydrogen) atoms. The van der Waals surface area contributed by atoms with Crippen LogP contribution < -0.4 is 10.1 Å². The molecule has 3 aromatic rings. The molecule has 4 rings (SSSR count). The summed E-state index contributed by atoms with van der Waals surface area (Å²) >= 11 is 3.51. The smallest absolute Gasteiger partial charge is 0.308 e. The van der Waals surface area contributed by atoms with Gasteiger partial charge in [0, 0.05) is 13.1 Å². The van der Waals surface area contributed by atoms with E-state index >= 15 is 0 Å². The van der Waals surface area contributed by atoms with Crippen LogP contribution in [0.15, 0.2) is 83.3 Å². The van der Waals surface area contributed by atoms with Crippen molar-refractivity contribution in [3.8, 4) is 16.9 Å². The average molecular weight is 565 g/mol. The van der Waals surface area contributed by atoms with Crippen LogP contribution in [0.4, 0.5) is 0 Å². The second kappa shape index (κ2) is 13.1. The molecule has 192 valence electrons. The molecule has 3 aromatic carbocycles. The van der Waals surface area contributed by atoms with Crippen molar-refractivity contribution in [2.45, 2.75) is 25.3 Å². The van der Waals surface area contributed by atoms with Crippen LogP contribution in [-0.4, -0.2) is 55.0 Å². The summed E-state index contributed by atoms with van der Waals surface area (Å²) in [6, 6.07) is 24.6. The fraction of sp³-hybridized carbons (Fsp3) is 0.276. The normalized spacial score (nSPS) is 15.1. The maximum absolute atomic E-state index is 13.0. The van der Waals surface area contributed by atoms with Gasteiger partial charge in [-0.3, -0.25) is 14.4 Å². The SMILES string of the molecule is O=C(CC1C(=O)NCCN1C(=O)COc1ccc(-c2ccccc2)cc1Br)OCCCc1ccccc1. The molecule has 1 aliphatic rings. The first kappa shape index (κ1) is 26.4. The molecule has 1 atom stereocenters. The highest BCUT2D eigenvalue weighted by atomic mass is 79.9. The number of amides is 2. The van der Waals surface area contributed by atoms with E-state index in [2.05, 4.69) is 21.2 Å². The van der Waals surface area contributed by atoms with Gasteiger partial charge in [-0.05, 0) is 57.6 Å². The third-order valence-corrected chi connectivity index (χ3v) is 6.74. The van der Waals surface area contributed by atoms with E-state index in [1.54, 1.807) is 6.07 Å². The molecule has 0 spiro atoms. The van der Waals surface area contributed by atoms with Crippen LogP contribution in [0.2, 0.25) is 0 Å². The highest BCUT2D eigenvalue weighted by molar-refractivity contribution is 9.10. The summed E-state index contributed by atoms with van der Waals surface area (Å²) in [7, 11) is 0. The van der Waals surface area contributed by atoms with Gasteiger partial charge in [0.25, 0.3) is 5.91 Å². The van der Waals surface area contributed by atoms with E-state index in [1.807, 2.05) is 72.8 Å². The summed E-state index contributed by atoms with van der Waals surface area (Å²) in [5.41, 5.74) is 3.25. The first-order valence-electron chi connectivity index (χ1n) is 12.3. The number of piperazine rings is 1. The number of carbonyl (C=O) groups is 3. The quantitative estimate of drug-likeness (QED) is 0.291. The number of halogens is 1. The van der Waals surface area contributed by atoms with E-state index in [9.17, 15) is 14.4 Å². The van der Waals surface area contributed by atoms with Crippen LogP contribution in [0.1, 0.15) is 18.4 Å². The minimum absolute atomic E-state index is 0.196. The summed E-state index contributed by atoms with van der Waals surface area (Å²) < 4.78 is 11.8. The monoisotopic (exact) mass is 564 g/mol. The highest BCUT2D eigenvalue weighted by Crippen LogP contribution is 2.30. The molecular weight excluding hydrogens is 536 g/mol. The second-order valence-electron chi connectivity index (χ2n) is 8.71. The van der Waals surface area contributed by atoms with Crippen molar-refractivity contribution in [3.05, 3.63) is 88.9 Å². The van der Waals surface area contributed by atoms with E-state index in [0.717, 1.165) is 17.5 Å². The van der Waals surface area contributed by atoms with E-state index in [0.29, 0.717) is 29.7 Å². The Morgan fingerprint density at radius 2 is 1.70 bits per heavy atom. The van der Waals surface area contributed by atoms with Gasteiger partial charge in [-0.25, -0.2) is 0 Å². The zero-order chi connectivity index (χ0) is 26.0. The molecule has 0 bridgehead atoms. The number of nitrogens with zero attached hydrogens (tertiary/aromatic N) is 1. The number of hydrogen-bond donors (Lipinski definition) is 1. The number of benzene rings is 3. The molecule has 1 fully saturated rings. The molecule has 8 heteroatoms. The van der Waals surface area contributed by atoms with Crippen molar-refractivity contribution in [2.24, 2.45) is 0 Å². The summed E-state index contributed by atoms with van der Waals surface area (Å²) in [6.07, 6.45) is 1.28. The second-order valence-corrected chi connectivity index (χ2v) is 9.56. The standard InChI is InChI=1S/C29H29BrN2O5/c30-24-18-23(22-11-5-2-6-12-22)13-14-26(24)37-20-27(33)32-16-15-31-29(35)25(32)19-28(34)36-17-7-10-21-8-3-1-4-9-21/h1-6,8-9,11-14,18,25H,7,10,15-17,19-20H2,(H,31,35). The molecule has 1 saturated heterocycles. The van der Waals surface area contributed by atoms with Gasteiger partial charge in [-0.2, -0.15) is 0 Å². The molecular formula is C29H29BrN2O5. The van der Waals surface area contributed by atoms with Crippen molar-refractivity contribution in [2.75, 3.05) is 26.3 Å². The number of esters is 1. The topological polar surface area (TPSA) is 84.9 Å². The van der Waals surface area contributed by atoms with Crippen LogP contribution in [0, 0.1) is 0 Å². The zero-order valence-corrected chi connectivity index (χ0v) is 22.0. The molecule has 1 aliphatic heterocycles. The van der Waals surface area contributed by atoms with E-state index < -0.39 is 12.0 Å². The van der Waals surface area contributed by atoms with Gasteiger partial charge in [0.1, 0.15) is 11.8 Å². The van der Waals surface area contributed by atoms with Gasteiger partial charge >= 0.3 is 5.97 Å². The van der Waals surface area contributed by atoms with Crippen LogP contribution >= 0.6 is 15.9 Å². The molecule has 0 radical (unpaired) electrons. The molecule has 1 heterocycles. The predicted octanol–water partition coefficient (Wildman–Crippen LogP) is 4.39. The summed E-state index contributed by atoms with van der Waals surface area (Å²) in [6.45, 7) is 0.627. The lowest BCUT2D eigenvalue weighted by Gasteiger charge is -2.34. The maximum atomic E-state index is 13.0. The molecule has 0 aromatic heterocycles. The van der Waals surface area contributed by atoms with Crippen molar-refractivity contribution in [1.82, 2.24) is 10.2 Å². The fourth-order valence-corrected chi connectivity index (χ4v) is 4.68. The number of rotatable bonds is 10. The summed E-state index contributed by atoms with van der Waals surface area (Å²) in [5.74, 6) is -0.720. The van der Waals surface area contributed by atoms with Gasteiger partial charge in [-0.15, -0.1) is 0 Å². The van der Waals surface area contributed by atoms with Crippen molar-refractivity contribution < 1.29 is 23.9 Å². The summed E-state index contributed by atoms with van der Waals surface area (Å²) in [5, 5.41) is 2.73. The van der Waals surface area contributed by atoms with Gasteiger partial charge in [0.05, 0.1) is 17.5 Å². The van der Waals surface area contributed by atoms with Crippen LogP contribution in [-0.2, 0) is 25.5 Å². The van der Waals surface area contributed by atoms with E-state index in [1.165, 1.54) is 10.5 Å². The minimum atomic E-state index is -0.921. The van der Waals surface area contributed by atoms with Gasteiger partial charge in [0.15, 0.2) is 6.61 Å². The predicted molar refractivity (Wildman–Crippen MR) is 144 cm³/mol. The Labute approximate surface area is 224 Å². The van der Waals surface area contributed by atoms with Crippen molar-refractivity contribution in [1.29, 1.82) is 0 Å². The Kier molecular flexibility index (Phi) is 9.32. The molecule has 1 unspecified atom stereocenters. The van der Waals surface area contributed by atoms with Crippen molar-refractivity contribution in [3.63, 3.8) is 0 Å². The molecule has 0 aliphatic carbocycles. The lowest BCUT2D eigenvalue weighted by molar-refractivity contribution is -0.152. The molecule has 7 nitrogen and oxygen atoms in total. The number of aryl methyl sites for hydroxylation is 1. The van der Waals surface area contributed by atoms with Gasteiger partial charge in [0.2, 0.25) is 5.91 Å². The van der Waals surface area contributed by atoms with Crippen molar-refractivity contribution >= 4 is 33.7 Å². The van der Waals surface area contributed by atoms with E-state index in [-0.39, 0.29) is 31.4 Å². The minimum Gasteiger partial charge on any atom is -0.483 e. The number of hydrogen-bond acceptors (Lipinski definition) is 5. The largest absolute Gasteiger partial charge is 0.483 e. The number of nitrogens with one attached hydrogen (secondary N) is 1. The highest BCUT2D eigenvalue weighted by Gasteiger charge is 2.35. The summed E-state index contributed by atoms with van der Waals surface area (Å²) in [4.78, 5) is 39.3. The molecule has 2 amide bonds. The lowest BCUT2D eigenvalue weighted by atomic mass is 10.1. The van der Waals surface area contributed by atoms with Gasteiger partial charge in [-0.1, -0.05) is 66.7 Å². The Balaban J connectivity index is 1.29. The molecule has 1 N–H and O–H groups in total. The Morgan fingerprint density at radius 1 is 0.973 bits per heavy atom. The third kappa shape index (κ3) is 7.43. The zero-order valence-electron chi connectivity index (χ0n) is 20.4. The Morgan fingerprint density at radius 3 is 2.43 bits per heavy atom. The lowest BCUT2D eigenvalue weighted by Crippen LogP contribution is -2.58. The van der Waals surface area contributed by atoms with Crippen LogP contribution in [0.25, 0.3) is 11.1 Å². The first-order chi connectivity index (χ1) is 18.0. The van der Waals surface area contributed by atoms with E-state index in [4.69, 9.17) is 9.47 Å². The van der Waals surface area contributed by atoms with Crippen LogP contribution in [0.5, 0.6) is 5.75 Å². The molecule has 0 saturated carbocycles. The van der Waals surface area contributed by atoms with Crippen LogP contribution in [0.3, 0.4) is 0 Å².